The first-order valence-electron chi connectivity index (χ1n) is 7.95. The number of unbranched alkanes of at least 4 members (excludes halogenated alkanes) is 1. The average Bonchev–Trinajstić information content (AvgIpc) is 2.56. The maximum Gasteiger partial charge on any atom is 0.338 e. The van der Waals surface area contributed by atoms with Crippen molar-refractivity contribution in [2.45, 2.75) is 26.2 Å². The van der Waals surface area contributed by atoms with Crippen molar-refractivity contribution in [3.63, 3.8) is 0 Å². The zero-order valence-electron chi connectivity index (χ0n) is 15.8. The predicted molar refractivity (Wildman–Crippen MR) is 103 cm³/mol. The summed E-state index contributed by atoms with van der Waals surface area (Å²) < 4.78 is 66.5. The van der Waals surface area contributed by atoms with Crippen molar-refractivity contribution in [3.05, 3.63) is 37.0 Å². The number of rotatable bonds is 11. The molecule has 0 unspecified atom stereocenters. The van der Waals surface area contributed by atoms with Crippen LogP contribution in [-0.4, -0.2) is 62.0 Å². The second kappa shape index (κ2) is 14.6. The fourth-order valence-electron chi connectivity index (χ4n) is 1.27. The molecule has 0 rings (SSSR count). The van der Waals surface area contributed by atoms with Crippen LogP contribution in [-0.2, 0) is 44.1 Å². The SMILES string of the molecule is C=C(C)C(=O)OCCCS(=O)(=O)O.C=CC(=O)OC(=O)C=CCCCS(=O)(=O)O. The highest BCUT2D eigenvalue weighted by Gasteiger charge is 2.06. The van der Waals surface area contributed by atoms with Crippen molar-refractivity contribution in [2.24, 2.45) is 0 Å². The highest BCUT2D eigenvalue weighted by Crippen LogP contribution is 1.96. The van der Waals surface area contributed by atoms with Gasteiger partial charge in [0.2, 0.25) is 0 Å². The normalized spacial score (nSPS) is 11.1. The largest absolute Gasteiger partial charge is 0.462 e. The van der Waals surface area contributed by atoms with Gasteiger partial charge in [0.15, 0.2) is 0 Å². The van der Waals surface area contributed by atoms with Crippen LogP contribution >= 0.6 is 0 Å². The minimum Gasteiger partial charge on any atom is -0.462 e. The Hall–Kier alpha value is -2.35. The Morgan fingerprint density at radius 3 is 1.93 bits per heavy atom. The van der Waals surface area contributed by atoms with Gasteiger partial charge in [-0.2, -0.15) is 16.8 Å². The molecule has 0 aliphatic rings. The molecular formula is C16H24O11S2. The second-order valence-electron chi connectivity index (χ2n) is 5.33. The van der Waals surface area contributed by atoms with E-state index in [-0.39, 0.29) is 37.2 Å². The number of hydrogen-bond donors (Lipinski definition) is 2. The fourth-order valence-corrected chi connectivity index (χ4v) is 2.28. The van der Waals surface area contributed by atoms with E-state index < -0.39 is 43.9 Å². The van der Waals surface area contributed by atoms with Crippen molar-refractivity contribution in [3.8, 4) is 0 Å². The lowest BCUT2D eigenvalue weighted by Gasteiger charge is -2.02. The summed E-state index contributed by atoms with van der Waals surface area (Å²) in [6, 6.07) is 0. The van der Waals surface area contributed by atoms with Crippen molar-refractivity contribution in [2.75, 3.05) is 18.1 Å². The molecule has 11 nitrogen and oxygen atoms in total. The van der Waals surface area contributed by atoms with Crippen LogP contribution in [0.25, 0.3) is 0 Å². The van der Waals surface area contributed by atoms with Gasteiger partial charge in [0.05, 0.1) is 18.1 Å². The Morgan fingerprint density at radius 1 is 0.966 bits per heavy atom. The third kappa shape index (κ3) is 23.6. The molecule has 0 aromatic carbocycles. The van der Waals surface area contributed by atoms with Crippen LogP contribution in [0.2, 0.25) is 0 Å². The molecule has 0 saturated heterocycles. The first-order valence-corrected chi connectivity index (χ1v) is 11.2. The van der Waals surface area contributed by atoms with E-state index in [2.05, 4.69) is 22.6 Å². The van der Waals surface area contributed by atoms with E-state index in [4.69, 9.17) is 9.11 Å². The first kappa shape index (κ1) is 28.9. The molecule has 13 heteroatoms. The van der Waals surface area contributed by atoms with Crippen LogP contribution in [0.4, 0.5) is 0 Å². The Labute approximate surface area is 169 Å². The van der Waals surface area contributed by atoms with E-state index in [1.807, 2.05) is 0 Å². The van der Waals surface area contributed by atoms with Gasteiger partial charge in [-0.3, -0.25) is 9.11 Å². The molecule has 0 aromatic heterocycles. The van der Waals surface area contributed by atoms with Gasteiger partial charge in [-0.15, -0.1) is 0 Å². The average molecular weight is 456 g/mol. The number of carbonyl (C=O) groups is 3. The molecule has 166 valence electrons. The van der Waals surface area contributed by atoms with Crippen LogP contribution in [0.3, 0.4) is 0 Å². The minimum absolute atomic E-state index is 0.0362. The maximum absolute atomic E-state index is 10.8. The van der Waals surface area contributed by atoms with Crippen molar-refractivity contribution < 1.29 is 49.8 Å². The molecule has 0 heterocycles. The zero-order valence-corrected chi connectivity index (χ0v) is 17.4. The summed E-state index contributed by atoms with van der Waals surface area (Å²) in [4.78, 5) is 32.1. The summed E-state index contributed by atoms with van der Waals surface area (Å²) in [7, 11) is -7.92. The molecule has 0 atom stereocenters. The first-order chi connectivity index (χ1) is 13.2. The van der Waals surface area contributed by atoms with Crippen molar-refractivity contribution in [1.82, 2.24) is 0 Å². The second-order valence-corrected chi connectivity index (χ2v) is 8.47. The van der Waals surface area contributed by atoms with Crippen LogP contribution in [0, 0.1) is 0 Å². The van der Waals surface area contributed by atoms with E-state index in [9.17, 15) is 31.2 Å². The lowest BCUT2D eigenvalue weighted by atomic mass is 10.3. The van der Waals surface area contributed by atoms with E-state index in [1.54, 1.807) is 0 Å². The van der Waals surface area contributed by atoms with Crippen molar-refractivity contribution in [1.29, 1.82) is 0 Å². The number of ether oxygens (including phenoxy) is 2. The van der Waals surface area contributed by atoms with Crippen LogP contribution < -0.4 is 0 Å². The Bertz CT molecular complexity index is 821. The topological polar surface area (TPSA) is 178 Å². The molecule has 0 aliphatic heterocycles. The molecule has 2 N–H and O–H groups in total. The van der Waals surface area contributed by atoms with Gasteiger partial charge in [0.25, 0.3) is 20.2 Å². The summed E-state index contributed by atoms with van der Waals surface area (Å²) >= 11 is 0. The van der Waals surface area contributed by atoms with E-state index in [1.165, 1.54) is 13.0 Å². The summed E-state index contributed by atoms with van der Waals surface area (Å²) in [6.45, 7) is 7.90. The molecule has 29 heavy (non-hydrogen) atoms. The summed E-state index contributed by atoms with van der Waals surface area (Å²) in [5.41, 5.74) is 0.256. The van der Waals surface area contributed by atoms with Gasteiger partial charge in [-0.1, -0.05) is 19.2 Å². The molecule has 0 aliphatic carbocycles. The molecule has 0 fully saturated rings. The number of hydrogen-bond acceptors (Lipinski definition) is 9. The molecule has 0 aromatic rings. The highest BCUT2D eigenvalue weighted by atomic mass is 32.2. The Kier molecular flexibility index (Phi) is 14.5. The highest BCUT2D eigenvalue weighted by molar-refractivity contribution is 7.86. The van der Waals surface area contributed by atoms with Gasteiger partial charge in [0, 0.05) is 17.7 Å². The number of allylic oxidation sites excluding steroid dienone is 1. The van der Waals surface area contributed by atoms with Crippen molar-refractivity contribution >= 4 is 38.1 Å². The number of esters is 3. The van der Waals surface area contributed by atoms with E-state index >= 15 is 0 Å². The van der Waals surface area contributed by atoms with Gasteiger partial charge in [-0.25, -0.2) is 14.4 Å². The summed E-state index contributed by atoms with van der Waals surface area (Å²) in [6.07, 6.45) is 3.74. The molecule has 0 bridgehead atoms. The van der Waals surface area contributed by atoms with Gasteiger partial charge < -0.3 is 9.47 Å². The zero-order chi connectivity index (χ0) is 23.1. The maximum atomic E-state index is 10.8. The molecule has 0 spiro atoms. The lowest BCUT2D eigenvalue weighted by Crippen LogP contribution is -2.11. The van der Waals surface area contributed by atoms with Gasteiger partial charge in [0.1, 0.15) is 0 Å². The Balaban J connectivity index is 0. The standard InChI is InChI=1S/C9H12O6S.C7H12O5S/c1-2-8(10)15-9(11)6-4-3-5-7-16(12,13)14;1-6(2)7(8)12-4-3-5-13(9,10)11/h2,4,6H,1,3,5,7H2,(H,12,13,14);1,3-5H2,2H3,(H,9,10,11). The quantitative estimate of drug-likeness (QED) is 0.148. The van der Waals surface area contributed by atoms with Crippen LogP contribution in [0.1, 0.15) is 26.2 Å². The van der Waals surface area contributed by atoms with E-state index in [0.29, 0.717) is 0 Å². The molecular weight excluding hydrogens is 432 g/mol. The van der Waals surface area contributed by atoms with Gasteiger partial charge >= 0.3 is 17.9 Å². The third-order valence-corrected chi connectivity index (χ3v) is 4.13. The predicted octanol–water partition coefficient (Wildman–Crippen LogP) is 0.850. The number of carbonyl (C=O) groups excluding carboxylic acids is 3. The smallest absolute Gasteiger partial charge is 0.338 e. The summed E-state index contributed by atoms with van der Waals surface area (Å²) in [5, 5.41) is 0. The fraction of sp³-hybridized carbons (Fsp3) is 0.438. The summed E-state index contributed by atoms with van der Waals surface area (Å²) in [5.74, 6) is -3.05. The van der Waals surface area contributed by atoms with E-state index in [0.717, 1.165) is 12.2 Å². The monoisotopic (exact) mass is 456 g/mol. The molecule has 0 saturated carbocycles. The Morgan fingerprint density at radius 2 is 1.48 bits per heavy atom. The molecule has 0 amide bonds. The van der Waals surface area contributed by atoms with Crippen LogP contribution in [0.5, 0.6) is 0 Å². The van der Waals surface area contributed by atoms with Crippen LogP contribution in [0.15, 0.2) is 37.0 Å². The van der Waals surface area contributed by atoms with Gasteiger partial charge in [-0.05, 0) is 26.2 Å². The molecule has 0 radical (unpaired) electrons. The third-order valence-electron chi connectivity index (χ3n) is 2.52. The lowest BCUT2D eigenvalue weighted by molar-refractivity contribution is -0.152. The minimum atomic E-state index is -3.97.